The van der Waals surface area contributed by atoms with Crippen LogP contribution in [0.4, 0.5) is 5.82 Å². The molecular weight excluding hydrogens is 586 g/mol. The normalized spacial score (nSPS) is 20.3. The van der Waals surface area contributed by atoms with Crippen LogP contribution in [-0.4, -0.2) is 79.6 Å². The Morgan fingerprint density at radius 3 is 2.65 bits per heavy atom. The Hall–Kier alpha value is -4.81. The molecule has 2 amide bonds. The van der Waals surface area contributed by atoms with E-state index in [-0.39, 0.29) is 47.9 Å². The van der Waals surface area contributed by atoms with E-state index in [1.807, 2.05) is 50.3 Å². The lowest BCUT2D eigenvalue weighted by Gasteiger charge is -2.27. The molecule has 12 nitrogen and oxygen atoms in total. The number of methoxy groups -OCH3 is 1. The molecule has 1 saturated carbocycles. The summed E-state index contributed by atoms with van der Waals surface area (Å²) >= 11 is 0. The van der Waals surface area contributed by atoms with Gasteiger partial charge in [0.1, 0.15) is 29.9 Å². The molecule has 1 aliphatic heterocycles. The summed E-state index contributed by atoms with van der Waals surface area (Å²) in [5.74, 6) is 0.276. The van der Waals surface area contributed by atoms with E-state index in [1.165, 1.54) is 6.92 Å². The highest BCUT2D eigenvalue weighted by Crippen LogP contribution is 2.60. The molecule has 4 aromatic rings. The van der Waals surface area contributed by atoms with Crippen molar-refractivity contribution < 1.29 is 23.9 Å². The molecule has 3 atom stereocenters. The molecule has 0 unspecified atom stereocenters. The third-order valence-electron chi connectivity index (χ3n) is 8.76. The molecule has 3 aromatic heterocycles. The van der Waals surface area contributed by atoms with Gasteiger partial charge in [-0.15, -0.1) is 0 Å². The second-order valence-corrected chi connectivity index (χ2v) is 11.9. The van der Waals surface area contributed by atoms with E-state index in [1.54, 1.807) is 41.3 Å². The summed E-state index contributed by atoms with van der Waals surface area (Å²) in [5.41, 5.74) is 2.98. The van der Waals surface area contributed by atoms with Crippen molar-refractivity contribution in [2.24, 2.45) is 5.41 Å². The third kappa shape index (κ3) is 6.05. The quantitative estimate of drug-likeness (QED) is 0.140. The van der Waals surface area contributed by atoms with E-state index in [9.17, 15) is 14.4 Å². The molecule has 2 aliphatic rings. The number of ether oxygens (including phenoxy) is 2. The number of nitrogens with zero attached hydrogens (tertiary/aromatic N) is 6. The first-order valence-corrected chi connectivity index (χ1v) is 15.3. The largest absolute Gasteiger partial charge is 0.380 e. The number of hydrogen-bond donors (Lipinski definition) is 1. The third-order valence-corrected chi connectivity index (χ3v) is 8.76. The highest BCUT2D eigenvalue weighted by molar-refractivity contribution is 6.06. The van der Waals surface area contributed by atoms with Gasteiger partial charge in [0.15, 0.2) is 5.78 Å². The number of aromatic nitrogens is 5. The van der Waals surface area contributed by atoms with Gasteiger partial charge in [-0.1, -0.05) is 24.3 Å². The Kier molecular flexibility index (Phi) is 8.74. The number of rotatable bonds is 12. The summed E-state index contributed by atoms with van der Waals surface area (Å²) in [5, 5.41) is 8.15. The number of carbonyl (C=O) groups excluding carboxylic acids is 3. The topological polar surface area (TPSA) is 141 Å². The van der Waals surface area contributed by atoms with Crippen LogP contribution >= 0.6 is 0 Å². The molecule has 12 heteroatoms. The van der Waals surface area contributed by atoms with Crippen molar-refractivity contribution in [3.63, 3.8) is 0 Å². The number of allylic oxidation sites excluding steroid dienone is 1. The first-order valence-electron chi connectivity index (χ1n) is 15.3. The van der Waals surface area contributed by atoms with Crippen molar-refractivity contribution in [2.75, 3.05) is 25.6 Å². The van der Waals surface area contributed by atoms with Crippen LogP contribution in [0.2, 0.25) is 0 Å². The number of fused-ring (bicyclic) bond motifs is 2. The maximum atomic E-state index is 14.1. The number of likely N-dealkylation sites (tertiary alicyclic amines) is 1. The van der Waals surface area contributed by atoms with Gasteiger partial charge >= 0.3 is 0 Å². The van der Waals surface area contributed by atoms with Crippen molar-refractivity contribution in [2.45, 2.75) is 58.8 Å². The van der Waals surface area contributed by atoms with Gasteiger partial charge in [0.05, 0.1) is 25.3 Å². The molecule has 1 aliphatic carbocycles. The van der Waals surface area contributed by atoms with Crippen LogP contribution in [0.1, 0.15) is 48.6 Å². The van der Waals surface area contributed by atoms with Crippen LogP contribution in [0.25, 0.3) is 22.0 Å². The lowest BCUT2D eigenvalue weighted by Crippen LogP contribution is -2.47. The van der Waals surface area contributed by atoms with Crippen molar-refractivity contribution in [1.82, 2.24) is 29.6 Å². The number of ketones is 1. The standard InChI is InChI=1S/C34H37N7O5/c1-5-6-12-46-20-34-14-28(33(44)38-32-24(19-45-4)8-7-11-35-32)41(29(34)15-34)30(43)18-40-27-10-9-23(25-16-36-22(3)37-17-25)13-26(27)31(39-40)21(2)42/h5-11,13,16-17,28-29H,12,14-15,18-20H2,1-4H3,(H,35,38,44)/b6-5+/t28-,29+,34-/m0/s1. The van der Waals surface area contributed by atoms with E-state index in [2.05, 4.69) is 25.4 Å². The number of piperidine rings is 1. The average molecular weight is 624 g/mol. The van der Waals surface area contributed by atoms with E-state index in [0.717, 1.165) is 23.1 Å². The number of nitrogens with one attached hydrogen (secondary N) is 1. The SMILES string of the molecule is C/C=C/COC[C@@]12C[C@@H](C(=O)Nc3ncccc3COC)N(C(=O)Cn3nc(C(C)=O)c4cc(-c5cnc(C)nc5)ccc43)[C@@H]1C2. The highest BCUT2D eigenvalue weighted by atomic mass is 16.5. The monoisotopic (exact) mass is 623 g/mol. The van der Waals surface area contributed by atoms with Crippen molar-refractivity contribution in [1.29, 1.82) is 0 Å². The minimum atomic E-state index is -0.726. The zero-order valence-electron chi connectivity index (χ0n) is 26.4. The lowest BCUT2D eigenvalue weighted by molar-refractivity contribution is -0.138. The Balaban J connectivity index is 1.29. The number of benzene rings is 1. The fourth-order valence-electron chi connectivity index (χ4n) is 6.36. The van der Waals surface area contributed by atoms with Gasteiger partial charge in [-0.2, -0.15) is 5.10 Å². The second kappa shape index (κ2) is 12.9. The first-order chi connectivity index (χ1) is 22.2. The molecule has 0 radical (unpaired) electrons. The maximum absolute atomic E-state index is 14.1. The maximum Gasteiger partial charge on any atom is 0.248 e. The Morgan fingerprint density at radius 2 is 1.91 bits per heavy atom. The smallest absolute Gasteiger partial charge is 0.248 e. The van der Waals surface area contributed by atoms with E-state index < -0.39 is 6.04 Å². The summed E-state index contributed by atoms with van der Waals surface area (Å²) in [6, 6.07) is 8.36. The minimum absolute atomic E-state index is 0.134. The molecule has 6 rings (SSSR count). The summed E-state index contributed by atoms with van der Waals surface area (Å²) < 4.78 is 12.8. The lowest BCUT2D eigenvalue weighted by atomic mass is 10.00. The Labute approximate surface area is 266 Å². The molecule has 1 saturated heterocycles. The summed E-state index contributed by atoms with van der Waals surface area (Å²) in [4.78, 5) is 55.2. The fourth-order valence-corrected chi connectivity index (χ4v) is 6.36. The number of amides is 2. The Morgan fingerprint density at radius 1 is 1.11 bits per heavy atom. The molecule has 2 fully saturated rings. The van der Waals surface area contributed by atoms with E-state index >= 15 is 0 Å². The van der Waals surface area contributed by atoms with E-state index in [4.69, 9.17) is 9.47 Å². The van der Waals surface area contributed by atoms with Gasteiger partial charge in [-0.05, 0) is 50.5 Å². The van der Waals surface area contributed by atoms with Gasteiger partial charge in [-0.3, -0.25) is 19.1 Å². The van der Waals surface area contributed by atoms with E-state index in [0.29, 0.717) is 42.2 Å². The predicted octanol–water partition coefficient (Wildman–Crippen LogP) is 4.14. The molecule has 0 bridgehead atoms. The molecule has 1 aromatic carbocycles. The van der Waals surface area contributed by atoms with Crippen molar-refractivity contribution in [3.8, 4) is 11.1 Å². The zero-order valence-corrected chi connectivity index (χ0v) is 26.4. The first kappa shape index (κ1) is 31.2. The van der Waals surface area contributed by atoms with Crippen LogP contribution in [0.5, 0.6) is 0 Å². The average Bonchev–Trinajstić information content (AvgIpc) is 3.46. The van der Waals surface area contributed by atoms with Gasteiger partial charge in [-0.25, -0.2) is 15.0 Å². The van der Waals surface area contributed by atoms with Crippen LogP contribution < -0.4 is 5.32 Å². The van der Waals surface area contributed by atoms with Gasteiger partial charge in [0, 0.05) is 60.6 Å². The van der Waals surface area contributed by atoms with Crippen molar-refractivity contribution >= 4 is 34.3 Å². The molecule has 1 N–H and O–H groups in total. The van der Waals surface area contributed by atoms with Gasteiger partial charge < -0.3 is 19.7 Å². The molecule has 0 spiro atoms. The van der Waals surface area contributed by atoms with Gasteiger partial charge in [0.2, 0.25) is 11.8 Å². The number of hydrogen-bond acceptors (Lipinski definition) is 9. The van der Waals surface area contributed by atoms with Gasteiger partial charge in [0.25, 0.3) is 0 Å². The van der Waals surface area contributed by atoms with Crippen molar-refractivity contribution in [3.05, 3.63) is 78.2 Å². The second-order valence-electron chi connectivity index (χ2n) is 11.9. The van der Waals surface area contributed by atoms with Crippen LogP contribution in [-0.2, 0) is 32.2 Å². The number of pyridine rings is 1. The molecule has 4 heterocycles. The molecule has 238 valence electrons. The molecular formula is C34H37N7O5. The van der Waals surface area contributed by atoms with Crippen LogP contribution in [0.3, 0.4) is 0 Å². The molecule has 46 heavy (non-hydrogen) atoms. The van der Waals surface area contributed by atoms with Crippen LogP contribution in [0.15, 0.2) is 61.1 Å². The number of aryl methyl sites for hydroxylation is 1. The highest BCUT2D eigenvalue weighted by Gasteiger charge is 2.67. The minimum Gasteiger partial charge on any atom is -0.380 e. The number of Topliss-reactive ketones (excluding diaryl/α,β-unsaturated/α-hetero) is 1. The summed E-state index contributed by atoms with van der Waals surface area (Å²) in [7, 11) is 1.58. The predicted molar refractivity (Wildman–Crippen MR) is 171 cm³/mol. The summed E-state index contributed by atoms with van der Waals surface area (Å²) in [6.45, 7) is 6.26. The van der Waals surface area contributed by atoms with Crippen LogP contribution in [0, 0.1) is 12.3 Å². The summed E-state index contributed by atoms with van der Waals surface area (Å²) in [6.07, 6.45) is 10.1. The zero-order chi connectivity index (χ0) is 32.4. The Bertz CT molecular complexity index is 1820. The number of anilines is 1. The fraction of sp³-hybridized carbons (Fsp3) is 0.382. The number of carbonyl (C=O) groups is 3.